The molecule has 0 N–H and O–H groups in total. The van der Waals surface area contributed by atoms with E-state index < -0.39 is 0 Å². The van der Waals surface area contributed by atoms with Gasteiger partial charge in [0.1, 0.15) is 6.07 Å². The third-order valence-electron chi connectivity index (χ3n) is 10.3. The molecular weight excluding hydrogens is 382 g/mol. The van der Waals surface area contributed by atoms with Crippen molar-refractivity contribution in [2.24, 2.45) is 52.8 Å². The number of Topliss-reactive ketones (excluding diaryl/α,β-unsaturated/α-hetero) is 1. The number of rotatable bonds is 4. The van der Waals surface area contributed by atoms with E-state index >= 15 is 0 Å². The zero-order valence-corrected chi connectivity index (χ0v) is 19.6. The van der Waals surface area contributed by atoms with E-state index in [-0.39, 0.29) is 11.3 Å². The highest BCUT2D eigenvalue weighted by atomic mass is 16.1. The van der Waals surface area contributed by atoms with Crippen LogP contribution in [0.4, 0.5) is 0 Å². The van der Waals surface area contributed by atoms with Crippen molar-refractivity contribution in [1.82, 2.24) is 9.78 Å². The molecule has 1 aromatic heterocycles. The second-order valence-electron chi connectivity index (χ2n) is 11.8. The fourth-order valence-corrected chi connectivity index (χ4v) is 9.07. The Labute approximate surface area is 187 Å². The van der Waals surface area contributed by atoms with Gasteiger partial charge in [-0.25, -0.2) is 0 Å². The quantitative estimate of drug-likeness (QED) is 0.611. The summed E-state index contributed by atoms with van der Waals surface area (Å²) in [5, 5.41) is 13.3. The summed E-state index contributed by atoms with van der Waals surface area (Å²) in [5.41, 5.74) is 0.688. The molecule has 0 bridgehead atoms. The van der Waals surface area contributed by atoms with E-state index in [2.05, 4.69) is 31.9 Å². The van der Waals surface area contributed by atoms with Crippen molar-refractivity contribution >= 4 is 5.78 Å². The monoisotopic (exact) mass is 421 g/mol. The van der Waals surface area contributed by atoms with Gasteiger partial charge in [-0.3, -0.25) is 9.48 Å². The zero-order chi connectivity index (χ0) is 21.8. The van der Waals surface area contributed by atoms with Crippen LogP contribution in [0.3, 0.4) is 0 Å². The summed E-state index contributed by atoms with van der Waals surface area (Å²) in [6.07, 6.45) is 15.3. The van der Waals surface area contributed by atoms with Crippen molar-refractivity contribution in [1.29, 1.82) is 5.26 Å². The average molecular weight is 422 g/mol. The van der Waals surface area contributed by atoms with E-state index in [4.69, 9.17) is 5.26 Å². The van der Waals surface area contributed by atoms with Gasteiger partial charge in [-0.1, -0.05) is 33.6 Å². The maximum absolute atomic E-state index is 13.5. The molecule has 1 aromatic rings. The molecule has 0 spiro atoms. The summed E-state index contributed by atoms with van der Waals surface area (Å²) in [6, 6.07) is 2.12. The molecule has 0 radical (unpaired) electrons. The second-order valence-corrected chi connectivity index (χ2v) is 11.8. The van der Waals surface area contributed by atoms with Gasteiger partial charge in [0.25, 0.3) is 0 Å². The minimum atomic E-state index is 0.152. The Morgan fingerprint density at radius 1 is 1.19 bits per heavy atom. The number of aromatic nitrogens is 2. The van der Waals surface area contributed by atoms with Gasteiger partial charge < -0.3 is 0 Å². The smallest absolute Gasteiger partial charge is 0.157 e. The number of nitrogens with zero attached hydrogens (tertiary/aromatic N) is 3. The molecule has 4 nitrogen and oxygen atoms in total. The SMILES string of the molecule is CC[C@@H]1C[C@H](C(=O)Cn2cc(C#N)cn2)[C@@]2(C)CC[C@H]3[C@@H](CC[C@@H]4C[C@@H](C)CC[C@@H]43)[C@H]12. The van der Waals surface area contributed by atoms with Crippen LogP contribution in [0.25, 0.3) is 0 Å². The number of nitriles is 1. The first-order valence-corrected chi connectivity index (χ1v) is 12.9. The predicted molar refractivity (Wildman–Crippen MR) is 121 cm³/mol. The number of hydrogen-bond acceptors (Lipinski definition) is 3. The molecule has 4 saturated carbocycles. The number of fused-ring (bicyclic) bond motifs is 5. The molecule has 0 amide bonds. The van der Waals surface area contributed by atoms with Crippen LogP contribution in [0.5, 0.6) is 0 Å². The Morgan fingerprint density at radius 2 is 2.00 bits per heavy atom. The standard InChI is InChI=1S/C27H39N3O/c1-4-19-12-24(25(31)16-30-15-18(13-28)14-29-30)27(3)10-9-22-21-7-5-17(2)11-20(21)6-8-23(22)26(19)27/h14-15,17,19-24,26H,4-12,16H2,1-3H3/t17-,19+,20+,21-,22+,23+,24+,26-,27+/m0/s1. The van der Waals surface area contributed by atoms with E-state index in [9.17, 15) is 4.79 Å². The molecule has 0 unspecified atom stereocenters. The van der Waals surface area contributed by atoms with Crippen LogP contribution in [-0.4, -0.2) is 15.6 Å². The summed E-state index contributed by atoms with van der Waals surface area (Å²) in [4.78, 5) is 13.5. The summed E-state index contributed by atoms with van der Waals surface area (Å²) >= 11 is 0. The van der Waals surface area contributed by atoms with Gasteiger partial charge >= 0.3 is 0 Å². The zero-order valence-electron chi connectivity index (χ0n) is 19.6. The normalized spacial score (nSPS) is 44.1. The first-order valence-electron chi connectivity index (χ1n) is 12.9. The highest BCUT2D eigenvalue weighted by molar-refractivity contribution is 5.82. The molecule has 0 aromatic carbocycles. The maximum Gasteiger partial charge on any atom is 0.157 e. The molecule has 0 aliphatic heterocycles. The lowest BCUT2D eigenvalue weighted by Gasteiger charge is -2.57. The molecule has 31 heavy (non-hydrogen) atoms. The summed E-state index contributed by atoms with van der Waals surface area (Å²) < 4.78 is 1.68. The van der Waals surface area contributed by atoms with Crippen LogP contribution in [0.15, 0.2) is 12.4 Å². The Bertz CT molecular complexity index is 868. The van der Waals surface area contributed by atoms with Gasteiger partial charge in [-0.05, 0) is 91.8 Å². The van der Waals surface area contributed by atoms with Gasteiger partial charge in [0.2, 0.25) is 0 Å². The first-order chi connectivity index (χ1) is 14.9. The highest BCUT2D eigenvalue weighted by Crippen LogP contribution is 2.66. The Hall–Kier alpha value is -1.63. The van der Waals surface area contributed by atoms with Crippen molar-refractivity contribution in [3.05, 3.63) is 18.0 Å². The van der Waals surface area contributed by atoms with Crippen molar-refractivity contribution in [2.45, 2.75) is 85.1 Å². The number of carbonyl (C=O) groups is 1. The molecule has 9 atom stereocenters. The Balaban J connectivity index is 1.37. The van der Waals surface area contributed by atoms with Crippen LogP contribution in [0, 0.1) is 64.1 Å². The van der Waals surface area contributed by atoms with E-state index in [0.717, 1.165) is 41.9 Å². The molecule has 1 heterocycles. The molecule has 4 aliphatic rings. The second kappa shape index (κ2) is 8.05. The summed E-state index contributed by atoms with van der Waals surface area (Å²) in [6.45, 7) is 7.59. The Morgan fingerprint density at radius 3 is 2.74 bits per heavy atom. The molecule has 4 fully saturated rings. The van der Waals surface area contributed by atoms with Crippen molar-refractivity contribution in [3.8, 4) is 6.07 Å². The Kier molecular flexibility index (Phi) is 5.51. The highest BCUT2D eigenvalue weighted by Gasteiger charge is 2.61. The minimum absolute atomic E-state index is 0.152. The first kappa shape index (κ1) is 21.2. The summed E-state index contributed by atoms with van der Waals surface area (Å²) in [7, 11) is 0. The molecule has 0 saturated heterocycles. The molecule has 4 aliphatic carbocycles. The van der Waals surface area contributed by atoms with Gasteiger partial charge in [0, 0.05) is 12.1 Å². The largest absolute Gasteiger partial charge is 0.297 e. The van der Waals surface area contributed by atoms with Gasteiger partial charge in [0.05, 0.1) is 18.3 Å². The van der Waals surface area contributed by atoms with Crippen LogP contribution in [-0.2, 0) is 11.3 Å². The lowest BCUT2D eigenvalue weighted by atomic mass is 9.48. The fourth-order valence-electron chi connectivity index (χ4n) is 9.07. The van der Waals surface area contributed by atoms with Crippen LogP contribution in [0.1, 0.15) is 84.1 Å². The topological polar surface area (TPSA) is 58.7 Å². The summed E-state index contributed by atoms with van der Waals surface area (Å²) in [5.74, 6) is 6.52. The minimum Gasteiger partial charge on any atom is -0.297 e. The molecular formula is C27H39N3O. The molecule has 4 heteroatoms. The van der Waals surface area contributed by atoms with Crippen molar-refractivity contribution in [2.75, 3.05) is 0 Å². The molecule has 5 rings (SSSR count). The lowest BCUT2D eigenvalue weighted by molar-refractivity contribution is -0.131. The van der Waals surface area contributed by atoms with Crippen LogP contribution >= 0.6 is 0 Å². The number of hydrogen-bond donors (Lipinski definition) is 0. The average Bonchev–Trinajstić information content (AvgIpc) is 3.34. The van der Waals surface area contributed by atoms with E-state index in [1.807, 2.05) is 0 Å². The van der Waals surface area contributed by atoms with Crippen molar-refractivity contribution < 1.29 is 4.79 Å². The predicted octanol–water partition coefficient (Wildman–Crippen LogP) is 5.86. The maximum atomic E-state index is 13.5. The van der Waals surface area contributed by atoms with Crippen LogP contribution in [0.2, 0.25) is 0 Å². The van der Waals surface area contributed by atoms with Gasteiger partial charge in [-0.2, -0.15) is 10.4 Å². The third kappa shape index (κ3) is 3.47. The van der Waals surface area contributed by atoms with E-state index in [1.54, 1.807) is 17.1 Å². The lowest BCUT2D eigenvalue weighted by Crippen LogP contribution is -2.50. The van der Waals surface area contributed by atoms with Crippen molar-refractivity contribution in [3.63, 3.8) is 0 Å². The van der Waals surface area contributed by atoms with E-state index in [1.165, 1.54) is 51.4 Å². The molecule has 168 valence electrons. The van der Waals surface area contributed by atoms with Gasteiger partial charge in [0.15, 0.2) is 5.78 Å². The fraction of sp³-hybridized carbons (Fsp3) is 0.815. The number of ketones is 1. The number of carbonyl (C=O) groups excluding carboxylic acids is 1. The van der Waals surface area contributed by atoms with E-state index in [0.29, 0.717) is 23.8 Å². The van der Waals surface area contributed by atoms with Crippen LogP contribution < -0.4 is 0 Å². The van der Waals surface area contributed by atoms with Gasteiger partial charge in [-0.15, -0.1) is 0 Å². The third-order valence-corrected chi connectivity index (χ3v) is 10.3.